The topological polar surface area (TPSA) is 70.1 Å². The van der Waals surface area contributed by atoms with Crippen molar-refractivity contribution in [2.24, 2.45) is 4.99 Å². The number of piperazine rings is 1. The minimum atomic E-state index is -0.455. The van der Waals surface area contributed by atoms with E-state index in [0.717, 1.165) is 42.1 Å². The summed E-state index contributed by atoms with van der Waals surface area (Å²) in [7, 11) is 0. The monoisotopic (exact) mass is 525 g/mol. The summed E-state index contributed by atoms with van der Waals surface area (Å²) in [6, 6.07) is 0.253. The van der Waals surface area contributed by atoms with Crippen LogP contribution < -0.4 is 5.32 Å². The number of nitrogens with one attached hydrogen (secondary N) is 1. The molecular formula is C17H28IN5O2S2. The van der Waals surface area contributed by atoms with Gasteiger partial charge in [-0.1, -0.05) is 11.8 Å². The summed E-state index contributed by atoms with van der Waals surface area (Å²) in [5, 5.41) is 5.46. The number of guanidine groups is 1. The molecule has 1 saturated heterocycles. The number of aromatic nitrogens is 1. The number of thiazole rings is 1. The predicted octanol–water partition coefficient (Wildman–Crippen LogP) is 3.12. The maximum Gasteiger partial charge on any atom is 0.410 e. The fourth-order valence-corrected chi connectivity index (χ4v) is 4.58. The lowest BCUT2D eigenvalue weighted by Crippen LogP contribution is -2.57. The second-order valence-corrected chi connectivity index (χ2v) is 9.60. The number of fused-ring (bicyclic) bond motifs is 1. The van der Waals surface area contributed by atoms with Crippen molar-refractivity contribution in [1.29, 1.82) is 0 Å². The van der Waals surface area contributed by atoms with Crippen LogP contribution in [0.4, 0.5) is 4.79 Å². The standard InChI is InChI=1S/C17H27N5O2S2.HI/c1-17(2,3)24-16(23)21-7-8-22-13(12-21)11-20-14(22)18-5-4-9-25-15-19-6-10-26-15;/h6,10,13H,4-5,7-9,11-12H2,1-3H3,(H,18,20);1H. The molecule has 27 heavy (non-hydrogen) atoms. The van der Waals surface area contributed by atoms with Gasteiger partial charge < -0.3 is 19.9 Å². The summed E-state index contributed by atoms with van der Waals surface area (Å²) in [5.74, 6) is 2.02. The van der Waals surface area contributed by atoms with Gasteiger partial charge in [0.2, 0.25) is 0 Å². The van der Waals surface area contributed by atoms with E-state index in [4.69, 9.17) is 4.74 Å². The summed E-state index contributed by atoms with van der Waals surface area (Å²) >= 11 is 3.48. The van der Waals surface area contributed by atoms with E-state index in [2.05, 4.69) is 20.2 Å². The Kier molecular flexibility index (Phi) is 8.47. The largest absolute Gasteiger partial charge is 0.444 e. The first-order valence-electron chi connectivity index (χ1n) is 8.97. The second kappa shape index (κ2) is 10.1. The van der Waals surface area contributed by atoms with E-state index in [1.165, 1.54) is 0 Å². The lowest BCUT2D eigenvalue weighted by atomic mass is 10.2. The van der Waals surface area contributed by atoms with Crippen molar-refractivity contribution in [2.75, 3.05) is 38.5 Å². The van der Waals surface area contributed by atoms with E-state index in [-0.39, 0.29) is 36.1 Å². The van der Waals surface area contributed by atoms with Crippen molar-refractivity contribution >= 4 is 59.1 Å². The highest BCUT2D eigenvalue weighted by atomic mass is 127. The van der Waals surface area contributed by atoms with Gasteiger partial charge in [0.1, 0.15) is 9.94 Å². The van der Waals surface area contributed by atoms with Gasteiger partial charge in [0, 0.05) is 43.5 Å². The Bertz CT molecular complexity index is 636. The molecule has 0 radical (unpaired) electrons. The van der Waals surface area contributed by atoms with Gasteiger partial charge >= 0.3 is 6.09 Å². The molecule has 0 spiro atoms. The van der Waals surface area contributed by atoms with Crippen LogP contribution in [0.3, 0.4) is 0 Å². The van der Waals surface area contributed by atoms with E-state index in [1.54, 1.807) is 28.0 Å². The van der Waals surface area contributed by atoms with Gasteiger partial charge in [0.05, 0.1) is 12.6 Å². The van der Waals surface area contributed by atoms with E-state index in [9.17, 15) is 4.79 Å². The minimum Gasteiger partial charge on any atom is -0.444 e. The van der Waals surface area contributed by atoms with Crippen LogP contribution in [-0.2, 0) is 4.74 Å². The van der Waals surface area contributed by atoms with Crippen molar-refractivity contribution in [3.63, 3.8) is 0 Å². The van der Waals surface area contributed by atoms with E-state index in [1.807, 2.05) is 32.3 Å². The number of rotatable bonds is 5. The van der Waals surface area contributed by atoms with Gasteiger partial charge in [0.15, 0.2) is 5.96 Å². The number of amides is 1. The Morgan fingerprint density at radius 2 is 2.26 bits per heavy atom. The van der Waals surface area contributed by atoms with Gasteiger partial charge in [-0.25, -0.2) is 9.78 Å². The third-order valence-corrected chi connectivity index (χ3v) is 6.15. The van der Waals surface area contributed by atoms with E-state index >= 15 is 0 Å². The van der Waals surface area contributed by atoms with Crippen molar-refractivity contribution in [1.82, 2.24) is 20.1 Å². The normalized spacial score (nSPS) is 19.2. The van der Waals surface area contributed by atoms with Gasteiger partial charge in [-0.3, -0.25) is 4.99 Å². The number of carbonyl (C=O) groups is 1. The van der Waals surface area contributed by atoms with Crippen molar-refractivity contribution in [3.05, 3.63) is 11.6 Å². The molecule has 1 atom stereocenters. The van der Waals surface area contributed by atoms with Crippen LogP contribution in [0.5, 0.6) is 0 Å². The first-order chi connectivity index (χ1) is 12.4. The van der Waals surface area contributed by atoms with Crippen LogP contribution >= 0.6 is 47.1 Å². The van der Waals surface area contributed by atoms with Crippen LogP contribution in [0.25, 0.3) is 0 Å². The van der Waals surface area contributed by atoms with Gasteiger partial charge in [0.25, 0.3) is 0 Å². The molecule has 3 heterocycles. The Morgan fingerprint density at radius 1 is 1.44 bits per heavy atom. The molecule has 152 valence electrons. The summed E-state index contributed by atoms with van der Waals surface area (Å²) in [5.41, 5.74) is -0.455. The Labute approximate surface area is 186 Å². The molecule has 0 saturated carbocycles. The fraction of sp³-hybridized carbons (Fsp3) is 0.706. The third-order valence-electron chi connectivity index (χ3n) is 4.10. The Hall–Kier alpha value is -0.750. The number of thioether (sulfide) groups is 1. The lowest BCUT2D eigenvalue weighted by Gasteiger charge is -2.39. The zero-order valence-corrected chi connectivity index (χ0v) is 20.0. The number of aliphatic imine (C=N–C) groups is 1. The molecule has 2 aliphatic rings. The lowest BCUT2D eigenvalue weighted by molar-refractivity contribution is 0.0137. The molecule has 2 aliphatic heterocycles. The molecule has 0 bridgehead atoms. The average molecular weight is 525 g/mol. The molecule has 1 N–H and O–H groups in total. The van der Waals surface area contributed by atoms with Crippen molar-refractivity contribution < 1.29 is 9.53 Å². The number of ether oxygens (including phenoxy) is 1. The van der Waals surface area contributed by atoms with Crippen LogP contribution in [0.2, 0.25) is 0 Å². The highest BCUT2D eigenvalue weighted by Crippen LogP contribution is 2.21. The molecule has 1 amide bonds. The predicted molar refractivity (Wildman–Crippen MR) is 121 cm³/mol. The molecule has 0 aliphatic carbocycles. The molecular weight excluding hydrogens is 497 g/mol. The summed E-state index contributed by atoms with van der Waals surface area (Å²) in [6.07, 6.45) is 2.68. The highest BCUT2D eigenvalue weighted by Gasteiger charge is 2.36. The molecule has 1 aromatic heterocycles. The summed E-state index contributed by atoms with van der Waals surface area (Å²) in [4.78, 5) is 25.2. The molecule has 1 aromatic rings. The van der Waals surface area contributed by atoms with Crippen LogP contribution in [0.1, 0.15) is 27.2 Å². The zero-order valence-electron chi connectivity index (χ0n) is 16.0. The van der Waals surface area contributed by atoms with E-state index < -0.39 is 5.60 Å². The zero-order chi connectivity index (χ0) is 18.6. The summed E-state index contributed by atoms with van der Waals surface area (Å²) in [6.45, 7) is 9.46. The maximum absolute atomic E-state index is 12.3. The molecule has 0 aromatic carbocycles. The van der Waals surface area contributed by atoms with Gasteiger partial charge in [-0.2, -0.15) is 0 Å². The average Bonchev–Trinajstić information content (AvgIpc) is 3.22. The number of hydrogen-bond acceptors (Lipinski definition) is 8. The van der Waals surface area contributed by atoms with Gasteiger partial charge in [-0.15, -0.1) is 35.3 Å². The summed E-state index contributed by atoms with van der Waals surface area (Å²) < 4.78 is 6.61. The molecule has 10 heteroatoms. The number of halogens is 1. The Morgan fingerprint density at radius 3 is 2.96 bits per heavy atom. The van der Waals surface area contributed by atoms with Crippen LogP contribution in [0.15, 0.2) is 20.9 Å². The molecule has 3 rings (SSSR count). The van der Waals surface area contributed by atoms with Crippen LogP contribution in [0, 0.1) is 0 Å². The number of hydrogen-bond donors (Lipinski definition) is 1. The minimum absolute atomic E-state index is 0. The van der Waals surface area contributed by atoms with Crippen molar-refractivity contribution in [2.45, 2.75) is 43.2 Å². The smallest absolute Gasteiger partial charge is 0.410 e. The van der Waals surface area contributed by atoms with Gasteiger partial charge in [-0.05, 0) is 27.2 Å². The molecule has 7 nitrogen and oxygen atoms in total. The van der Waals surface area contributed by atoms with Crippen molar-refractivity contribution in [3.8, 4) is 0 Å². The first kappa shape index (κ1) is 22.5. The van der Waals surface area contributed by atoms with E-state index in [0.29, 0.717) is 13.1 Å². The highest BCUT2D eigenvalue weighted by molar-refractivity contribution is 14.0. The second-order valence-electron chi connectivity index (χ2n) is 7.36. The van der Waals surface area contributed by atoms with Crippen LogP contribution in [-0.4, -0.2) is 77.0 Å². The SMILES string of the molecule is CC(C)(C)OC(=O)N1CCN2C(NCCCSc3nccs3)=NCC2C1.I. The Balaban J connectivity index is 0.00000261. The maximum atomic E-state index is 12.3. The fourth-order valence-electron chi connectivity index (χ4n) is 2.94. The quantitative estimate of drug-likeness (QED) is 0.362. The first-order valence-corrected chi connectivity index (χ1v) is 10.8. The molecule has 1 unspecified atom stereocenters. The number of carbonyl (C=O) groups excluding carboxylic acids is 1. The third kappa shape index (κ3) is 6.67. The number of nitrogens with zero attached hydrogens (tertiary/aromatic N) is 4. The molecule has 1 fully saturated rings.